The first-order valence-electron chi connectivity index (χ1n) is 6.05. The van der Waals surface area contributed by atoms with Gasteiger partial charge in [-0.1, -0.05) is 18.2 Å². The first kappa shape index (κ1) is 10.5. The van der Waals surface area contributed by atoms with Crippen LogP contribution in [-0.2, 0) is 6.42 Å². The van der Waals surface area contributed by atoms with Crippen LogP contribution < -0.4 is 5.32 Å². The Morgan fingerprint density at radius 1 is 1.29 bits per heavy atom. The molecule has 1 fully saturated rings. The largest absolute Gasteiger partial charge is 0.441 e. The lowest BCUT2D eigenvalue weighted by molar-refractivity contribution is 0.343. The number of nitrogens with zero attached hydrogens (tertiary/aromatic N) is 1. The average Bonchev–Trinajstić information content (AvgIpc) is 2.67. The highest BCUT2D eigenvalue weighted by Gasteiger charge is 2.21. The zero-order valence-corrected chi connectivity index (χ0v) is 9.94. The van der Waals surface area contributed by atoms with Crippen LogP contribution >= 0.6 is 0 Å². The van der Waals surface area contributed by atoms with Gasteiger partial charge < -0.3 is 9.73 Å². The van der Waals surface area contributed by atoms with Crippen molar-refractivity contribution in [3.05, 3.63) is 41.8 Å². The second kappa shape index (κ2) is 4.34. The van der Waals surface area contributed by atoms with E-state index >= 15 is 0 Å². The fourth-order valence-electron chi connectivity index (χ4n) is 2.09. The number of benzene rings is 1. The molecule has 3 heteroatoms. The molecule has 0 atom stereocenters. The molecule has 0 aliphatic carbocycles. The molecule has 0 amide bonds. The summed E-state index contributed by atoms with van der Waals surface area (Å²) < 4.78 is 5.74. The number of aromatic nitrogens is 1. The number of hydrogen-bond donors (Lipinski definition) is 1. The molecule has 1 aliphatic rings. The molecule has 3 rings (SSSR count). The summed E-state index contributed by atoms with van der Waals surface area (Å²) >= 11 is 0. The quantitative estimate of drug-likeness (QED) is 0.876. The van der Waals surface area contributed by atoms with E-state index in [0.717, 1.165) is 48.3 Å². The summed E-state index contributed by atoms with van der Waals surface area (Å²) in [7, 11) is 0. The van der Waals surface area contributed by atoms with E-state index in [1.54, 1.807) is 0 Å². The molecule has 1 N–H and O–H groups in total. The van der Waals surface area contributed by atoms with Crippen LogP contribution in [0.2, 0.25) is 0 Å². The molecule has 3 nitrogen and oxygen atoms in total. The number of rotatable bonds is 3. The molecule has 0 radical (unpaired) electrons. The van der Waals surface area contributed by atoms with Crippen molar-refractivity contribution in [3.8, 4) is 11.5 Å². The highest BCUT2D eigenvalue weighted by atomic mass is 16.4. The fourth-order valence-corrected chi connectivity index (χ4v) is 2.09. The van der Waals surface area contributed by atoms with Crippen LogP contribution in [0.4, 0.5) is 0 Å². The van der Waals surface area contributed by atoms with Crippen molar-refractivity contribution in [2.45, 2.75) is 13.3 Å². The average molecular weight is 228 g/mol. The molecule has 0 saturated carbocycles. The Labute approximate surface area is 101 Å². The van der Waals surface area contributed by atoms with Crippen LogP contribution in [0.1, 0.15) is 11.5 Å². The van der Waals surface area contributed by atoms with Gasteiger partial charge in [-0.2, -0.15) is 0 Å². The predicted octanol–water partition coefficient (Wildman–Crippen LogP) is 2.41. The van der Waals surface area contributed by atoms with Gasteiger partial charge in [-0.3, -0.25) is 0 Å². The van der Waals surface area contributed by atoms with Crippen molar-refractivity contribution < 1.29 is 4.42 Å². The van der Waals surface area contributed by atoms with Crippen LogP contribution in [0.3, 0.4) is 0 Å². The summed E-state index contributed by atoms with van der Waals surface area (Å²) in [4.78, 5) is 4.61. The maximum Gasteiger partial charge on any atom is 0.226 e. The monoisotopic (exact) mass is 228 g/mol. The second-order valence-electron chi connectivity index (χ2n) is 4.62. The lowest BCUT2D eigenvalue weighted by Gasteiger charge is -2.26. The first-order valence-corrected chi connectivity index (χ1v) is 6.05. The van der Waals surface area contributed by atoms with E-state index in [-0.39, 0.29) is 0 Å². The van der Waals surface area contributed by atoms with Crippen molar-refractivity contribution in [3.63, 3.8) is 0 Å². The molecule has 0 unspecified atom stereocenters. The predicted molar refractivity (Wildman–Crippen MR) is 66.7 cm³/mol. The van der Waals surface area contributed by atoms with Gasteiger partial charge >= 0.3 is 0 Å². The van der Waals surface area contributed by atoms with Crippen LogP contribution in [0, 0.1) is 12.8 Å². The molecular weight excluding hydrogens is 212 g/mol. The van der Waals surface area contributed by atoms with Crippen LogP contribution in [0.25, 0.3) is 11.5 Å². The topological polar surface area (TPSA) is 38.1 Å². The Hall–Kier alpha value is -1.61. The highest BCUT2D eigenvalue weighted by Crippen LogP contribution is 2.23. The van der Waals surface area contributed by atoms with Crippen molar-refractivity contribution in [1.82, 2.24) is 10.3 Å². The van der Waals surface area contributed by atoms with Crippen molar-refractivity contribution in [1.29, 1.82) is 0 Å². The zero-order valence-electron chi connectivity index (χ0n) is 9.94. The minimum Gasteiger partial charge on any atom is -0.441 e. The third-order valence-electron chi connectivity index (χ3n) is 3.26. The molecule has 2 heterocycles. The lowest BCUT2D eigenvalue weighted by Crippen LogP contribution is -2.43. The SMILES string of the molecule is Cc1oc(-c2ccccc2)nc1CC1CNC1. The third-order valence-corrected chi connectivity index (χ3v) is 3.26. The van der Waals surface area contributed by atoms with Gasteiger partial charge in [-0.15, -0.1) is 0 Å². The number of oxazole rings is 1. The first-order chi connectivity index (χ1) is 8.33. The van der Waals surface area contributed by atoms with E-state index in [1.165, 1.54) is 0 Å². The molecular formula is C14H16N2O. The third kappa shape index (κ3) is 2.11. The standard InChI is InChI=1S/C14H16N2O/c1-10-13(7-11-8-15-9-11)16-14(17-10)12-5-3-2-4-6-12/h2-6,11,15H,7-9H2,1H3. The minimum atomic E-state index is 0.724. The fraction of sp³-hybridized carbons (Fsp3) is 0.357. The van der Waals surface area contributed by atoms with Crippen LogP contribution in [-0.4, -0.2) is 18.1 Å². The Bertz CT molecular complexity index is 500. The van der Waals surface area contributed by atoms with Gasteiger partial charge in [0.25, 0.3) is 0 Å². The van der Waals surface area contributed by atoms with Gasteiger partial charge in [0.15, 0.2) is 0 Å². The lowest BCUT2D eigenvalue weighted by atomic mass is 9.97. The smallest absolute Gasteiger partial charge is 0.226 e. The number of hydrogen-bond acceptors (Lipinski definition) is 3. The molecule has 0 spiro atoms. The minimum absolute atomic E-state index is 0.724. The van der Waals surface area contributed by atoms with E-state index in [0.29, 0.717) is 0 Å². The summed E-state index contributed by atoms with van der Waals surface area (Å²) in [5.41, 5.74) is 2.16. The van der Waals surface area contributed by atoms with E-state index in [2.05, 4.69) is 10.3 Å². The molecule has 1 aliphatic heterocycles. The molecule has 1 saturated heterocycles. The van der Waals surface area contributed by atoms with Gasteiger partial charge in [-0.25, -0.2) is 4.98 Å². The highest BCUT2D eigenvalue weighted by molar-refractivity contribution is 5.53. The maximum atomic E-state index is 5.74. The van der Waals surface area contributed by atoms with Gasteiger partial charge in [-0.05, 0) is 44.5 Å². The summed E-state index contributed by atoms with van der Waals surface area (Å²) in [5, 5.41) is 3.28. The van der Waals surface area contributed by atoms with Crippen LogP contribution in [0.15, 0.2) is 34.7 Å². The molecule has 1 aromatic heterocycles. The van der Waals surface area contributed by atoms with E-state index in [9.17, 15) is 0 Å². The number of aryl methyl sites for hydroxylation is 1. The van der Waals surface area contributed by atoms with E-state index in [1.807, 2.05) is 37.3 Å². The van der Waals surface area contributed by atoms with Gasteiger partial charge in [0.05, 0.1) is 5.69 Å². The Kier molecular flexibility index (Phi) is 2.69. The van der Waals surface area contributed by atoms with Crippen molar-refractivity contribution >= 4 is 0 Å². The van der Waals surface area contributed by atoms with Crippen LogP contribution in [0.5, 0.6) is 0 Å². The second-order valence-corrected chi connectivity index (χ2v) is 4.62. The van der Waals surface area contributed by atoms with Gasteiger partial charge in [0, 0.05) is 5.56 Å². The Balaban J connectivity index is 1.84. The summed E-state index contributed by atoms with van der Waals surface area (Å²) in [6.45, 7) is 4.21. The summed E-state index contributed by atoms with van der Waals surface area (Å²) in [6.07, 6.45) is 1.02. The van der Waals surface area contributed by atoms with Gasteiger partial charge in [0.1, 0.15) is 5.76 Å². The molecule has 88 valence electrons. The van der Waals surface area contributed by atoms with E-state index < -0.39 is 0 Å². The van der Waals surface area contributed by atoms with E-state index in [4.69, 9.17) is 4.42 Å². The molecule has 2 aromatic rings. The summed E-state index contributed by atoms with van der Waals surface area (Å²) in [5.74, 6) is 2.42. The number of nitrogens with one attached hydrogen (secondary N) is 1. The normalized spacial score (nSPS) is 15.8. The maximum absolute atomic E-state index is 5.74. The molecule has 0 bridgehead atoms. The molecule has 1 aromatic carbocycles. The van der Waals surface area contributed by atoms with Crippen molar-refractivity contribution in [2.24, 2.45) is 5.92 Å². The van der Waals surface area contributed by atoms with Gasteiger partial charge in [0.2, 0.25) is 5.89 Å². The van der Waals surface area contributed by atoms with Crippen molar-refractivity contribution in [2.75, 3.05) is 13.1 Å². The molecule has 17 heavy (non-hydrogen) atoms. The Morgan fingerprint density at radius 3 is 2.71 bits per heavy atom. The Morgan fingerprint density at radius 2 is 2.06 bits per heavy atom. The zero-order chi connectivity index (χ0) is 11.7. The summed E-state index contributed by atoms with van der Waals surface area (Å²) in [6, 6.07) is 10.1.